The summed E-state index contributed by atoms with van der Waals surface area (Å²) in [5.41, 5.74) is 1.42. The number of benzene rings is 1. The van der Waals surface area contributed by atoms with Crippen molar-refractivity contribution in [2.45, 2.75) is 31.3 Å². The summed E-state index contributed by atoms with van der Waals surface area (Å²) < 4.78 is 0. The van der Waals surface area contributed by atoms with E-state index in [4.69, 9.17) is 4.84 Å². The quantitative estimate of drug-likeness (QED) is 0.835. The number of aromatic nitrogens is 2. The van der Waals surface area contributed by atoms with Crippen molar-refractivity contribution in [1.29, 1.82) is 0 Å². The zero-order chi connectivity index (χ0) is 20.3. The van der Waals surface area contributed by atoms with Crippen LogP contribution in [-0.4, -0.2) is 57.9 Å². The van der Waals surface area contributed by atoms with Gasteiger partial charge >= 0.3 is 0 Å². The highest BCUT2D eigenvalue weighted by Gasteiger charge is 2.48. The Morgan fingerprint density at radius 2 is 2.07 bits per heavy atom. The van der Waals surface area contributed by atoms with Crippen LogP contribution in [0.1, 0.15) is 41.6 Å². The third kappa shape index (κ3) is 4.11. The molecular formula is C21H23N5O3. The van der Waals surface area contributed by atoms with E-state index in [0.29, 0.717) is 43.8 Å². The number of nitrogens with one attached hydrogen (secondary N) is 1. The normalized spacial score (nSPS) is 21.6. The molecule has 1 fully saturated rings. The number of amides is 2. The molecule has 2 unspecified atom stereocenters. The Labute approximate surface area is 168 Å². The number of rotatable bonds is 5. The number of oxime groups is 1. The van der Waals surface area contributed by atoms with Crippen LogP contribution in [0.5, 0.6) is 0 Å². The van der Waals surface area contributed by atoms with Crippen molar-refractivity contribution in [3.05, 3.63) is 59.9 Å². The van der Waals surface area contributed by atoms with Crippen molar-refractivity contribution in [3.8, 4) is 0 Å². The van der Waals surface area contributed by atoms with Gasteiger partial charge in [0.1, 0.15) is 5.71 Å². The lowest BCUT2D eigenvalue weighted by Crippen LogP contribution is -2.39. The van der Waals surface area contributed by atoms with E-state index in [1.54, 1.807) is 11.0 Å². The zero-order valence-corrected chi connectivity index (χ0v) is 16.2. The number of likely N-dealkylation sites (tertiary alicyclic amines) is 1. The highest BCUT2D eigenvalue weighted by molar-refractivity contribution is 6.39. The van der Waals surface area contributed by atoms with Gasteiger partial charge in [-0.05, 0) is 17.5 Å². The van der Waals surface area contributed by atoms with Gasteiger partial charge in [-0.2, -0.15) is 10.2 Å². The monoisotopic (exact) mass is 393 g/mol. The lowest BCUT2D eigenvalue weighted by atomic mass is 9.96. The molecule has 4 rings (SSSR count). The van der Waals surface area contributed by atoms with Gasteiger partial charge in [0.2, 0.25) is 0 Å². The molecule has 1 spiro atoms. The van der Waals surface area contributed by atoms with E-state index in [9.17, 15) is 9.59 Å². The zero-order valence-electron chi connectivity index (χ0n) is 16.2. The molecule has 1 N–H and O–H groups in total. The Morgan fingerprint density at radius 3 is 2.83 bits per heavy atom. The number of carbonyl (C=O) groups excluding carboxylic acids is 2. The van der Waals surface area contributed by atoms with E-state index in [-0.39, 0.29) is 17.7 Å². The molecule has 150 valence electrons. The van der Waals surface area contributed by atoms with E-state index in [2.05, 4.69) is 27.6 Å². The fourth-order valence-electron chi connectivity index (χ4n) is 3.73. The van der Waals surface area contributed by atoms with Crippen molar-refractivity contribution in [2.75, 3.05) is 19.6 Å². The molecule has 0 bridgehead atoms. The number of hydrogen-bond donors (Lipinski definition) is 1. The molecule has 3 heterocycles. The first-order chi connectivity index (χ1) is 14.1. The number of hydrogen-bond acceptors (Lipinski definition) is 6. The summed E-state index contributed by atoms with van der Waals surface area (Å²) in [6.07, 6.45) is 3.98. The Balaban J connectivity index is 1.30. The first-order valence-corrected chi connectivity index (χ1v) is 9.70. The van der Waals surface area contributed by atoms with Gasteiger partial charge in [0, 0.05) is 25.9 Å². The third-order valence-corrected chi connectivity index (χ3v) is 5.47. The summed E-state index contributed by atoms with van der Waals surface area (Å²) in [6, 6.07) is 11.7. The molecule has 1 saturated heterocycles. The van der Waals surface area contributed by atoms with E-state index >= 15 is 0 Å². The van der Waals surface area contributed by atoms with Crippen molar-refractivity contribution < 1.29 is 14.4 Å². The molecule has 2 aliphatic rings. The molecule has 2 atom stereocenters. The lowest BCUT2D eigenvalue weighted by molar-refractivity contribution is -0.115. The second-order valence-corrected chi connectivity index (χ2v) is 7.62. The predicted molar refractivity (Wildman–Crippen MR) is 106 cm³/mol. The van der Waals surface area contributed by atoms with Crippen molar-refractivity contribution in [1.82, 2.24) is 20.4 Å². The summed E-state index contributed by atoms with van der Waals surface area (Å²) in [5.74, 6) is -0.131. The standard InChI is InChI=1S/C21H23N5O3/c1-15(16-5-3-2-4-6-16)12-22-19(27)18-11-21(29-25-18)8-10-26(14-21)20(28)17-7-9-23-24-13-17/h2-7,9,13,15H,8,10-12,14H2,1H3,(H,22,27). The van der Waals surface area contributed by atoms with Gasteiger partial charge in [-0.1, -0.05) is 42.4 Å². The van der Waals surface area contributed by atoms with Crippen LogP contribution in [0.25, 0.3) is 0 Å². The van der Waals surface area contributed by atoms with Crippen LogP contribution in [0.15, 0.2) is 53.9 Å². The van der Waals surface area contributed by atoms with Crippen molar-refractivity contribution in [2.24, 2.45) is 5.16 Å². The van der Waals surface area contributed by atoms with Gasteiger partial charge in [-0.3, -0.25) is 9.59 Å². The fraction of sp³-hybridized carbons (Fsp3) is 0.381. The molecule has 0 saturated carbocycles. The van der Waals surface area contributed by atoms with Crippen LogP contribution in [-0.2, 0) is 9.63 Å². The van der Waals surface area contributed by atoms with Crippen LogP contribution in [0.2, 0.25) is 0 Å². The third-order valence-electron chi connectivity index (χ3n) is 5.47. The number of nitrogens with zero attached hydrogens (tertiary/aromatic N) is 4. The second kappa shape index (κ2) is 7.98. The van der Waals surface area contributed by atoms with E-state index in [0.717, 1.165) is 0 Å². The van der Waals surface area contributed by atoms with Crippen LogP contribution >= 0.6 is 0 Å². The maximum absolute atomic E-state index is 12.6. The number of carbonyl (C=O) groups is 2. The van der Waals surface area contributed by atoms with Gasteiger partial charge < -0.3 is 15.1 Å². The molecule has 0 aliphatic carbocycles. The maximum atomic E-state index is 12.6. The summed E-state index contributed by atoms with van der Waals surface area (Å²) in [6.45, 7) is 3.54. The molecule has 8 heteroatoms. The molecule has 0 radical (unpaired) electrons. The summed E-state index contributed by atoms with van der Waals surface area (Å²) in [5, 5.41) is 14.4. The molecule has 2 amide bonds. The summed E-state index contributed by atoms with van der Waals surface area (Å²) in [7, 11) is 0. The molecule has 1 aromatic carbocycles. The SMILES string of the molecule is CC(CNC(=O)C1=NOC2(CCN(C(=O)c3ccnnc3)C2)C1)c1ccccc1. The van der Waals surface area contributed by atoms with Gasteiger partial charge in [0.15, 0.2) is 5.60 Å². The van der Waals surface area contributed by atoms with Crippen molar-refractivity contribution >= 4 is 17.5 Å². The fourth-order valence-corrected chi connectivity index (χ4v) is 3.73. The first-order valence-electron chi connectivity index (χ1n) is 9.70. The molecule has 29 heavy (non-hydrogen) atoms. The van der Waals surface area contributed by atoms with Gasteiger partial charge in [-0.25, -0.2) is 0 Å². The maximum Gasteiger partial charge on any atom is 0.269 e. The molecule has 8 nitrogen and oxygen atoms in total. The van der Waals surface area contributed by atoms with Crippen LogP contribution in [0, 0.1) is 0 Å². The van der Waals surface area contributed by atoms with E-state index in [1.165, 1.54) is 18.0 Å². The molecule has 2 aromatic rings. The van der Waals surface area contributed by atoms with Gasteiger partial charge in [0.05, 0.1) is 24.5 Å². The minimum Gasteiger partial charge on any atom is -0.386 e. The van der Waals surface area contributed by atoms with E-state index < -0.39 is 5.60 Å². The molecule has 1 aromatic heterocycles. The Bertz CT molecular complexity index is 918. The minimum absolute atomic E-state index is 0.116. The Kier molecular flexibility index (Phi) is 5.24. The van der Waals surface area contributed by atoms with E-state index in [1.807, 2.05) is 30.3 Å². The Hall–Kier alpha value is -3.29. The van der Waals surface area contributed by atoms with Gasteiger partial charge in [0.25, 0.3) is 11.8 Å². The highest BCUT2D eigenvalue weighted by Crippen LogP contribution is 2.34. The highest BCUT2D eigenvalue weighted by atomic mass is 16.7. The van der Waals surface area contributed by atoms with Crippen molar-refractivity contribution in [3.63, 3.8) is 0 Å². The minimum atomic E-state index is -0.617. The topological polar surface area (TPSA) is 96.8 Å². The van der Waals surface area contributed by atoms with Gasteiger partial charge in [-0.15, -0.1) is 0 Å². The lowest BCUT2D eigenvalue weighted by Gasteiger charge is -2.21. The summed E-state index contributed by atoms with van der Waals surface area (Å²) in [4.78, 5) is 32.5. The van der Waals surface area contributed by atoms with Crippen LogP contribution in [0.4, 0.5) is 0 Å². The molecular weight excluding hydrogens is 370 g/mol. The second-order valence-electron chi connectivity index (χ2n) is 7.62. The predicted octanol–water partition coefficient (Wildman–Crippen LogP) is 1.76. The Morgan fingerprint density at radius 1 is 1.24 bits per heavy atom. The average Bonchev–Trinajstić information content (AvgIpc) is 3.39. The summed E-state index contributed by atoms with van der Waals surface area (Å²) >= 11 is 0. The van der Waals surface area contributed by atoms with Crippen LogP contribution in [0.3, 0.4) is 0 Å². The first kappa shape index (κ1) is 19.0. The average molecular weight is 393 g/mol. The molecule has 2 aliphatic heterocycles. The van der Waals surface area contributed by atoms with Crippen LogP contribution < -0.4 is 5.32 Å². The smallest absolute Gasteiger partial charge is 0.269 e. The largest absolute Gasteiger partial charge is 0.386 e.